The number of nitrogens with one attached hydrogen (secondary N) is 1. The number of hydrogen-bond acceptors (Lipinski definition) is 3. The van der Waals surface area contributed by atoms with Crippen LogP contribution in [-0.2, 0) is 15.5 Å². The summed E-state index contributed by atoms with van der Waals surface area (Å²) >= 11 is 0. The van der Waals surface area contributed by atoms with Crippen molar-refractivity contribution in [3.63, 3.8) is 0 Å². The van der Waals surface area contributed by atoms with E-state index in [-0.39, 0.29) is 5.91 Å². The normalized spacial score (nSPS) is 23.0. The molecule has 3 unspecified atom stereocenters. The molecule has 0 radical (unpaired) electrons. The number of carbonyl (C=O) groups excluding carboxylic acids is 1. The summed E-state index contributed by atoms with van der Waals surface area (Å²) in [5.74, 6) is 0.501. The lowest BCUT2D eigenvalue weighted by Crippen LogP contribution is -2.31. The van der Waals surface area contributed by atoms with E-state index >= 15 is 0 Å². The standard InChI is InChI=1S/C17H25NO3S/c1-13-5-3-4-6-16(13)21-12-11-18-17(19)14-7-9-15(10-8-14)22(2)20/h7-10,13,16H,3-6,11-12H2,1-2H3,(H,18,19). The van der Waals surface area contributed by atoms with E-state index in [2.05, 4.69) is 12.2 Å². The van der Waals surface area contributed by atoms with E-state index in [1.807, 2.05) is 0 Å². The zero-order valence-corrected chi connectivity index (χ0v) is 14.2. The fourth-order valence-corrected chi connectivity index (χ4v) is 3.32. The Labute approximate surface area is 135 Å². The topological polar surface area (TPSA) is 55.4 Å². The van der Waals surface area contributed by atoms with E-state index in [1.165, 1.54) is 19.3 Å². The summed E-state index contributed by atoms with van der Waals surface area (Å²) < 4.78 is 17.2. The van der Waals surface area contributed by atoms with Crippen LogP contribution in [0.4, 0.5) is 0 Å². The van der Waals surface area contributed by atoms with Crippen LogP contribution < -0.4 is 5.32 Å². The zero-order valence-electron chi connectivity index (χ0n) is 13.3. The molecule has 1 aliphatic rings. The lowest BCUT2D eigenvalue weighted by atomic mass is 9.88. The highest BCUT2D eigenvalue weighted by Crippen LogP contribution is 2.25. The molecule has 1 aromatic carbocycles. The molecule has 122 valence electrons. The SMILES string of the molecule is CC1CCCCC1OCCNC(=O)c1ccc(S(C)=O)cc1. The molecular formula is C17H25NO3S. The van der Waals surface area contributed by atoms with Gasteiger partial charge in [-0.15, -0.1) is 0 Å². The summed E-state index contributed by atoms with van der Waals surface area (Å²) in [6.45, 7) is 3.31. The highest BCUT2D eigenvalue weighted by atomic mass is 32.2. The number of hydrogen-bond donors (Lipinski definition) is 1. The van der Waals surface area contributed by atoms with Gasteiger partial charge in [0, 0.05) is 34.1 Å². The third-order valence-electron chi connectivity index (χ3n) is 4.20. The van der Waals surface area contributed by atoms with Gasteiger partial charge in [-0.3, -0.25) is 9.00 Å². The molecule has 0 heterocycles. The van der Waals surface area contributed by atoms with Crippen LogP contribution in [0, 0.1) is 5.92 Å². The van der Waals surface area contributed by atoms with Gasteiger partial charge >= 0.3 is 0 Å². The van der Waals surface area contributed by atoms with Gasteiger partial charge in [-0.25, -0.2) is 0 Å². The molecule has 0 spiro atoms. The fourth-order valence-electron chi connectivity index (χ4n) is 2.80. The summed E-state index contributed by atoms with van der Waals surface area (Å²) in [5, 5.41) is 2.86. The van der Waals surface area contributed by atoms with E-state index in [4.69, 9.17) is 4.74 Å². The number of carbonyl (C=O) groups is 1. The summed E-state index contributed by atoms with van der Waals surface area (Å²) in [5.41, 5.74) is 0.584. The largest absolute Gasteiger partial charge is 0.376 e. The smallest absolute Gasteiger partial charge is 0.251 e. The Bertz CT molecular complexity index is 515. The average Bonchev–Trinajstić information content (AvgIpc) is 2.53. The fraction of sp³-hybridized carbons (Fsp3) is 0.588. The predicted octanol–water partition coefficient (Wildman–Crippen LogP) is 2.75. The molecule has 0 aliphatic heterocycles. The van der Waals surface area contributed by atoms with Gasteiger partial charge < -0.3 is 10.1 Å². The molecule has 0 saturated heterocycles. The molecule has 1 aliphatic carbocycles. The van der Waals surface area contributed by atoms with Gasteiger partial charge in [-0.05, 0) is 43.0 Å². The molecule has 5 heteroatoms. The quantitative estimate of drug-likeness (QED) is 0.819. The molecular weight excluding hydrogens is 298 g/mol. The van der Waals surface area contributed by atoms with Gasteiger partial charge in [0.2, 0.25) is 0 Å². The maximum absolute atomic E-state index is 12.0. The van der Waals surface area contributed by atoms with E-state index in [0.29, 0.717) is 30.7 Å². The van der Waals surface area contributed by atoms with Crippen molar-refractivity contribution in [3.05, 3.63) is 29.8 Å². The minimum absolute atomic E-state index is 0.117. The zero-order chi connectivity index (χ0) is 15.9. The average molecular weight is 323 g/mol. The molecule has 3 atom stereocenters. The highest BCUT2D eigenvalue weighted by Gasteiger charge is 2.21. The van der Waals surface area contributed by atoms with Gasteiger partial charge in [0.15, 0.2) is 0 Å². The van der Waals surface area contributed by atoms with Gasteiger partial charge in [0.05, 0.1) is 12.7 Å². The van der Waals surface area contributed by atoms with Crippen LogP contribution in [0.3, 0.4) is 0 Å². The lowest BCUT2D eigenvalue weighted by molar-refractivity contribution is -0.00293. The minimum Gasteiger partial charge on any atom is -0.376 e. The lowest BCUT2D eigenvalue weighted by Gasteiger charge is -2.28. The Morgan fingerprint density at radius 2 is 1.95 bits per heavy atom. The highest BCUT2D eigenvalue weighted by molar-refractivity contribution is 7.84. The molecule has 22 heavy (non-hydrogen) atoms. The maximum atomic E-state index is 12.0. The van der Waals surface area contributed by atoms with Crippen LogP contribution in [0.5, 0.6) is 0 Å². The third kappa shape index (κ3) is 4.92. The van der Waals surface area contributed by atoms with Crippen molar-refractivity contribution in [2.75, 3.05) is 19.4 Å². The van der Waals surface area contributed by atoms with Gasteiger partial charge in [0.1, 0.15) is 0 Å². The number of ether oxygens (including phenoxy) is 1. The molecule has 1 fully saturated rings. The van der Waals surface area contributed by atoms with Crippen LogP contribution in [0.1, 0.15) is 43.0 Å². The van der Waals surface area contributed by atoms with Crippen molar-refractivity contribution in [2.24, 2.45) is 5.92 Å². The Balaban J connectivity index is 1.72. The van der Waals surface area contributed by atoms with Crippen molar-refractivity contribution < 1.29 is 13.7 Å². The summed E-state index contributed by atoms with van der Waals surface area (Å²) in [7, 11) is -1.02. The number of rotatable bonds is 6. The Morgan fingerprint density at radius 1 is 1.27 bits per heavy atom. The monoisotopic (exact) mass is 323 g/mol. The summed E-state index contributed by atoms with van der Waals surface area (Å²) in [6.07, 6.45) is 6.87. The van der Waals surface area contributed by atoms with Crippen molar-refractivity contribution >= 4 is 16.7 Å². The van der Waals surface area contributed by atoms with E-state index in [1.54, 1.807) is 30.5 Å². The second-order valence-electron chi connectivity index (χ2n) is 5.91. The van der Waals surface area contributed by atoms with Gasteiger partial charge in [0.25, 0.3) is 5.91 Å². The van der Waals surface area contributed by atoms with Crippen LogP contribution in [0.2, 0.25) is 0 Å². The molecule has 1 amide bonds. The first-order chi connectivity index (χ1) is 10.6. The van der Waals surface area contributed by atoms with Crippen LogP contribution in [0.25, 0.3) is 0 Å². The van der Waals surface area contributed by atoms with Crippen molar-refractivity contribution in [2.45, 2.75) is 43.6 Å². The predicted molar refractivity (Wildman–Crippen MR) is 88.5 cm³/mol. The van der Waals surface area contributed by atoms with Crippen LogP contribution in [-0.4, -0.2) is 35.6 Å². The Morgan fingerprint density at radius 3 is 2.59 bits per heavy atom. The van der Waals surface area contributed by atoms with E-state index in [9.17, 15) is 9.00 Å². The van der Waals surface area contributed by atoms with Crippen LogP contribution >= 0.6 is 0 Å². The summed E-state index contributed by atoms with van der Waals surface area (Å²) in [4.78, 5) is 12.7. The Kier molecular flexibility index (Phi) is 6.58. The van der Waals surface area contributed by atoms with Crippen LogP contribution in [0.15, 0.2) is 29.2 Å². The summed E-state index contributed by atoms with van der Waals surface area (Å²) in [6, 6.07) is 6.86. The molecule has 1 N–H and O–H groups in total. The first-order valence-corrected chi connectivity index (χ1v) is 9.47. The van der Waals surface area contributed by atoms with Gasteiger partial charge in [-0.2, -0.15) is 0 Å². The second kappa shape index (κ2) is 8.44. The number of benzene rings is 1. The van der Waals surface area contributed by atoms with Crippen molar-refractivity contribution in [3.8, 4) is 0 Å². The third-order valence-corrected chi connectivity index (χ3v) is 5.14. The van der Waals surface area contributed by atoms with Gasteiger partial charge in [-0.1, -0.05) is 19.8 Å². The first kappa shape index (κ1) is 17.2. The number of amides is 1. The van der Waals surface area contributed by atoms with E-state index < -0.39 is 10.8 Å². The minimum atomic E-state index is -1.02. The molecule has 4 nitrogen and oxygen atoms in total. The molecule has 1 saturated carbocycles. The maximum Gasteiger partial charge on any atom is 0.251 e. The molecule has 0 aromatic heterocycles. The molecule has 2 rings (SSSR count). The van der Waals surface area contributed by atoms with Crippen molar-refractivity contribution in [1.82, 2.24) is 5.32 Å². The molecule has 1 aromatic rings. The Hall–Kier alpha value is -1.20. The van der Waals surface area contributed by atoms with E-state index in [0.717, 1.165) is 11.3 Å². The molecule has 0 bridgehead atoms. The van der Waals surface area contributed by atoms with Crippen molar-refractivity contribution in [1.29, 1.82) is 0 Å². The second-order valence-corrected chi connectivity index (χ2v) is 7.29. The first-order valence-electron chi connectivity index (χ1n) is 7.91.